The number of pyridine rings is 1. The van der Waals surface area contributed by atoms with Gasteiger partial charge >= 0.3 is 12.1 Å². The number of carbonyl (C=O) groups is 2. The number of methoxy groups -OCH3 is 1. The van der Waals surface area contributed by atoms with E-state index in [9.17, 15) is 22.8 Å². The number of fused-ring (bicyclic) bond motifs is 1. The number of rotatable bonds is 8. The quantitative estimate of drug-likeness (QED) is 0.343. The predicted octanol–water partition coefficient (Wildman–Crippen LogP) is 5.68. The van der Waals surface area contributed by atoms with Crippen LogP contribution in [0.3, 0.4) is 0 Å². The van der Waals surface area contributed by atoms with Gasteiger partial charge in [-0.2, -0.15) is 13.2 Å². The first kappa shape index (κ1) is 33.0. The van der Waals surface area contributed by atoms with Gasteiger partial charge in [0.25, 0.3) is 5.91 Å². The van der Waals surface area contributed by atoms with Crippen LogP contribution in [0.4, 0.5) is 13.2 Å². The highest BCUT2D eigenvalue weighted by Crippen LogP contribution is 2.53. The van der Waals surface area contributed by atoms with Crippen LogP contribution < -0.4 is 9.47 Å². The van der Waals surface area contributed by atoms with Crippen LogP contribution in [0.25, 0.3) is 0 Å². The number of hydrogen-bond donors (Lipinski definition) is 0. The number of hydrogen-bond acceptors (Lipinski definition) is 8. The molecule has 45 heavy (non-hydrogen) atoms. The van der Waals surface area contributed by atoms with Crippen molar-refractivity contribution in [3.63, 3.8) is 0 Å². The Balaban J connectivity index is 1.66. The number of likely N-dealkylation sites (tertiary alicyclic amines) is 1. The minimum atomic E-state index is -4.63. The lowest BCUT2D eigenvalue weighted by Crippen LogP contribution is -2.51. The van der Waals surface area contributed by atoms with Gasteiger partial charge in [-0.15, -0.1) is 0 Å². The standard InChI is InChI=1S/C33H41F3N2O7/c1-6-42-31(40)26-24(32(2,3)4)28(45-18-20-16-21(33(34,35)36)17-37-29(20)41-5)25(22-11-9-10-19-13-15-44-27(19)22)38(26)30(39)23-12-7-8-14-43-23/h9-11,16-17,23-26,28H,6-8,12-15,18H2,1-5H3/t23-,24+,25-,26-,28-/m0/s1. The van der Waals surface area contributed by atoms with Gasteiger partial charge < -0.3 is 28.6 Å². The van der Waals surface area contributed by atoms with Gasteiger partial charge in [0.1, 0.15) is 17.9 Å². The highest BCUT2D eigenvalue weighted by molar-refractivity contribution is 5.89. The smallest absolute Gasteiger partial charge is 0.417 e. The molecular formula is C33H41F3N2O7. The molecule has 5 atom stereocenters. The minimum Gasteiger partial charge on any atom is -0.493 e. The molecule has 0 unspecified atom stereocenters. The van der Waals surface area contributed by atoms with Crippen LogP contribution in [0.5, 0.6) is 11.6 Å². The van der Waals surface area contributed by atoms with Crippen LogP contribution in [0.15, 0.2) is 30.5 Å². The Morgan fingerprint density at radius 1 is 1.13 bits per heavy atom. The molecule has 1 amide bonds. The number of para-hydroxylation sites is 1. The minimum absolute atomic E-state index is 0.0146. The van der Waals surface area contributed by atoms with Crippen LogP contribution in [0.1, 0.15) is 75.3 Å². The van der Waals surface area contributed by atoms with Gasteiger partial charge in [0.05, 0.1) is 44.6 Å². The number of carbonyl (C=O) groups excluding carboxylic acids is 2. The molecule has 3 aliphatic rings. The Kier molecular flexibility index (Phi) is 9.65. The van der Waals surface area contributed by atoms with Gasteiger partial charge in [0.15, 0.2) is 0 Å². The normalized spacial score (nSPS) is 25.1. The summed E-state index contributed by atoms with van der Waals surface area (Å²) in [5.41, 5.74) is 0.138. The second kappa shape index (κ2) is 13.2. The second-order valence-corrected chi connectivity index (χ2v) is 12.7. The first-order chi connectivity index (χ1) is 21.4. The van der Waals surface area contributed by atoms with Crippen molar-refractivity contribution in [3.05, 3.63) is 52.7 Å². The first-order valence-electron chi connectivity index (χ1n) is 15.4. The van der Waals surface area contributed by atoms with Crippen LogP contribution in [0, 0.1) is 11.3 Å². The summed E-state index contributed by atoms with van der Waals surface area (Å²) in [5, 5.41) is 0. The molecule has 2 saturated heterocycles. The maximum Gasteiger partial charge on any atom is 0.417 e. The molecule has 2 fully saturated rings. The summed E-state index contributed by atoms with van der Waals surface area (Å²) >= 11 is 0. The molecule has 0 bridgehead atoms. The maximum atomic E-state index is 14.5. The van der Waals surface area contributed by atoms with Crippen LogP contribution in [-0.4, -0.2) is 66.9 Å². The summed E-state index contributed by atoms with van der Waals surface area (Å²) in [4.78, 5) is 33.8. The Hall–Kier alpha value is -3.38. The Bertz CT molecular complexity index is 1390. The van der Waals surface area contributed by atoms with Crippen molar-refractivity contribution in [2.24, 2.45) is 11.3 Å². The van der Waals surface area contributed by atoms with E-state index >= 15 is 0 Å². The number of amides is 1. The molecule has 2 aromatic rings. The lowest BCUT2D eigenvalue weighted by Gasteiger charge is -2.36. The van der Waals surface area contributed by atoms with Crippen molar-refractivity contribution in [1.82, 2.24) is 9.88 Å². The van der Waals surface area contributed by atoms with Crippen LogP contribution in [0.2, 0.25) is 0 Å². The molecule has 0 saturated carbocycles. The van der Waals surface area contributed by atoms with Gasteiger partial charge in [-0.1, -0.05) is 39.0 Å². The Morgan fingerprint density at radius 2 is 1.91 bits per heavy atom. The Morgan fingerprint density at radius 3 is 2.56 bits per heavy atom. The van der Waals surface area contributed by atoms with Crippen molar-refractivity contribution in [3.8, 4) is 11.6 Å². The average Bonchev–Trinajstić information content (AvgIpc) is 3.62. The molecule has 1 aromatic heterocycles. The number of ether oxygens (including phenoxy) is 5. The van der Waals surface area contributed by atoms with Crippen molar-refractivity contribution < 1.29 is 46.4 Å². The lowest BCUT2D eigenvalue weighted by atomic mass is 9.73. The second-order valence-electron chi connectivity index (χ2n) is 12.7. The average molecular weight is 635 g/mol. The highest BCUT2D eigenvalue weighted by atomic mass is 19.4. The van der Waals surface area contributed by atoms with E-state index in [1.165, 1.54) is 7.11 Å². The molecule has 9 nitrogen and oxygen atoms in total. The highest BCUT2D eigenvalue weighted by Gasteiger charge is 2.60. The fourth-order valence-corrected chi connectivity index (χ4v) is 6.83. The van der Waals surface area contributed by atoms with E-state index in [1.807, 2.05) is 39.0 Å². The van der Waals surface area contributed by atoms with Crippen molar-refractivity contribution >= 4 is 11.9 Å². The van der Waals surface area contributed by atoms with Crippen molar-refractivity contribution in [2.45, 2.75) is 90.5 Å². The van der Waals surface area contributed by atoms with Crippen LogP contribution in [-0.2, 0) is 43.0 Å². The third-order valence-electron chi connectivity index (χ3n) is 8.78. The largest absolute Gasteiger partial charge is 0.493 e. The first-order valence-corrected chi connectivity index (χ1v) is 15.4. The number of halogens is 3. The monoisotopic (exact) mass is 634 g/mol. The molecule has 3 aliphatic heterocycles. The van der Waals surface area contributed by atoms with Gasteiger partial charge in [-0.3, -0.25) is 4.79 Å². The van der Waals surface area contributed by atoms with Gasteiger partial charge in [-0.25, -0.2) is 9.78 Å². The molecule has 0 N–H and O–H groups in total. The van der Waals surface area contributed by atoms with Gasteiger partial charge in [-0.05, 0) is 43.2 Å². The predicted molar refractivity (Wildman–Crippen MR) is 157 cm³/mol. The molecule has 0 radical (unpaired) electrons. The molecule has 1 aromatic carbocycles. The molecule has 0 spiro atoms. The topological polar surface area (TPSA) is 96.4 Å². The van der Waals surface area contributed by atoms with E-state index in [-0.39, 0.29) is 30.6 Å². The van der Waals surface area contributed by atoms with E-state index in [2.05, 4.69) is 4.98 Å². The summed E-state index contributed by atoms with van der Waals surface area (Å²) in [6, 6.07) is 4.75. The third kappa shape index (κ3) is 6.63. The van der Waals surface area contributed by atoms with Gasteiger partial charge in [0.2, 0.25) is 5.88 Å². The fourth-order valence-electron chi connectivity index (χ4n) is 6.83. The molecular weight excluding hydrogens is 593 g/mol. The van der Waals surface area contributed by atoms with Crippen LogP contribution >= 0.6 is 0 Å². The van der Waals surface area contributed by atoms with E-state index < -0.39 is 53.3 Å². The summed E-state index contributed by atoms with van der Waals surface area (Å²) < 4.78 is 70.5. The van der Waals surface area contributed by atoms with E-state index in [4.69, 9.17) is 23.7 Å². The summed E-state index contributed by atoms with van der Waals surface area (Å²) in [6.07, 6.45) is -2.73. The van der Waals surface area contributed by atoms with E-state index in [0.717, 1.165) is 24.5 Å². The number of nitrogens with zero attached hydrogens (tertiary/aromatic N) is 2. The number of esters is 1. The number of aromatic nitrogens is 1. The molecule has 0 aliphatic carbocycles. The van der Waals surface area contributed by atoms with Crippen molar-refractivity contribution in [1.29, 1.82) is 0 Å². The van der Waals surface area contributed by atoms with E-state index in [0.29, 0.717) is 43.6 Å². The Labute approximate surface area is 261 Å². The van der Waals surface area contributed by atoms with Crippen molar-refractivity contribution in [2.75, 3.05) is 26.9 Å². The summed E-state index contributed by atoms with van der Waals surface area (Å²) in [6.45, 7) is 8.20. The van der Waals surface area contributed by atoms with Gasteiger partial charge in [0, 0.05) is 36.3 Å². The zero-order valence-corrected chi connectivity index (χ0v) is 26.3. The zero-order chi connectivity index (χ0) is 32.5. The fraction of sp³-hybridized carbons (Fsp3) is 0.606. The molecule has 12 heteroatoms. The SMILES string of the molecule is CCOC(=O)[C@@H]1[C@@H](C(C)(C)C)[C@H](OCc2cc(C(F)(F)F)cnc2OC)[C@H](c2cccc3c2OCC3)N1C(=O)[C@@H]1CCCCO1. The molecule has 5 rings (SSSR count). The molecule has 246 valence electrons. The maximum absolute atomic E-state index is 14.5. The van der Waals surface area contributed by atoms with E-state index in [1.54, 1.807) is 11.8 Å². The third-order valence-corrected chi connectivity index (χ3v) is 8.78. The number of alkyl halides is 3. The summed E-state index contributed by atoms with van der Waals surface area (Å²) in [7, 11) is 1.32. The molecule has 4 heterocycles. The lowest BCUT2D eigenvalue weighted by molar-refractivity contribution is -0.162. The number of benzene rings is 1. The zero-order valence-electron chi connectivity index (χ0n) is 26.3. The summed E-state index contributed by atoms with van der Waals surface area (Å²) in [5.74, 6) is -0.958.